The molecule has 0 radical (unpaired) electrons. The first-order valence-electron chi connectivity index (χ1n) is 20.7. The molecular weight excluding hydrogens is 759 g/mol. The monoisotopic (exact) mass is 793 g/mol. The van der Waals surface area contributed by atoms with Crippen LogP contribution in [-0.4, -0.2) is 34.1 Å². The highest BCUT2D eigenvalue weighted by atomic mass is 15.1. The van der Waals surface area contributed by atoms with Crippen LogP contribution in [-0.2, 0) is 0 Å². The van der Waals surface area contributed by atoms with E-state index in [4.69, 9.17) is 15.0 Å². The molecule has 0 fully saturated rings. The van der Waals surface area contributed by atoms with Gasteiger partial charge in [0, 0.05) is 50.9 Å². The number of hydrogen-bond donors (Lipinski definition) is 0. The molecule has 7 heteroatoms. The highest BCUT2D eigenvalue weighted by Crippen LogP contribution is 2.41. The Kier molecular flexibility index (Phi) is 8.35. The fourth-order valence-electron chi connectivity index (χ4n) is 8.99. The Morgan fingerprint density at radius 2 is 0.774 bits per heavy atom. The number of hydrogen-bond acceptors (Lipinski definition) is 5. The van der Waals surface area contributed by atoms with Crippen LogP contribution in [0.15, 0.2) is 213 Å². The Labute approximate surface area is 356 Å². The predicted molar refractivity (Wildman–Crippen MR) is 251 cm³/mol. The predicted octanol–water partition coefficient (Wildman–Crippen LogP) is 13.2. The molecule has 0 bridgehead atoms. The molecule has 0 spiro atoms. The van der Waals surface area contributed by atoms with E-state index < -0.39 is 0 Å². The highest BCUT2D eigenvalue weighted by Gasteiger charge is 2.20. The third-order valence-electron chi connectivity index (χ3n) is 11.7. The summed E-state index contributed by atoms with van der Waals surface area (Å²) in [6.45, 7) is 0. The van der Waals surface area contributed by atoms with Crippen molar-refractivity contribution in [3.05, 3.63) is 213 Å². The van der Waals surface area contributed by atoms with E-state index in [1.807, 2.05) is 42.5 Å². The van der Waals surface area contributed by atoms with Crippen LogP contribution in [0.2, 0.25) is 0 Å². The van der Waals surface area contributed by atoms with Crippen LogP contribution in [0.4, 0.5) is 0 Å². The zero-order chi connectivity index (χ0) is 41.0. The Balaban J connectivity index is 0.975. The Morgan fingerprint density at radius 1 is 0.306 bits per heavy atom. The van der Waals surface area contributed by atoms with Crippen molar-refractivity contribution in [2.75, 3.05) is 0 Å². The maximum atomic E-state index is 4.95. The number of nitrogens with zero attached hydrogens (tertiary/aromatic N) is 7. The average Bonchev–Trinajstić information content (AvgIpc) is 3.88. The van der Waals surface area contributed by atoms with Crippen molar-refractivity contribution in [1.82, 2.24) is 34.1 Å². The largest absolute Gasteiger partial charge is 0.309 e. The van der Waals surface area contributed by atoms with Gasteiger partial charge in [-0.15, -0.1) is 0 Å². The molecule has 7 nitrogen and oxygen atoms in total. The van der Waals surface area contributed by atoms with Gasteiger partial charge in [-0.3, -0.25) is 9.97 Å². The van der Waals surface area contributed by atoms with Gasteiger partial charge in [-0.2, -0.15) is 0 Å². The first-order chi connectivity index (χ1) is 30.8. The zero-order valence-electron chi connectivity index (χ0n) is 33.3. The molecule has 290 valence electrons. The van der Waals surface area contributed by atoms with E-state index in [1.54, 1.807) is 12.4 Å². The normalized spacial score (nSPS) is 11.5. The topological polar surface area (TPSA) is 74.3 Å². The highest BCUT2D eigenvalue weighted by molar-refractivity contribution is 6.17. The molecule has 0 N–H and O–H groups in total. The van der Waals surface area contributed by atoms with E-state index >= 15 is 0 Å². The third kappa shape index (κ3) is 5.86. The second-order valence-electron chi connectivity index (χ2n) is 15.3. The molecule has 12 rings (SSSR count). The number of benzene rings is 7. The number of fused-ring (bicyclic) bond motifs is 6. The van der Waals surface area contributed by atoms with Gasteiger partial charge in [0.1, 0.15) is 11.4 Å². The molecule has 5 aromatic heterocycles. The molecular formula is C55H35N7. The van der Waals surface area contributed by atoms with Crippen molar-refractivity contribution in [3.8, 4) is 68.1 Å². The van der Waals surface area contributed by atoms with Gasteiger partial charge in [-0.25, -0.2) is 15.0 Å². The fraction of sp³-hybridized carbons (Fsp3) is 0. The summed E-state index contributed by atoms with van der Waals surface area (Å²) in [4.78, 5) is 23.8. The smallest absolute Gasteiger partial charge is 0.182 e. The minimum atomic E-state index is 0.494. The Hall–Kier alpha value is -8.55. The van der Waals surface area contributed by atoms with Gasteiger partial charge in [0.25, 0.3) is 0 Å². The fourth-order valence-corrected chi connectivity index (χ4v) is 8.99. The lowest BCUT2D eigenvalue weighted by molar-refractivity contribution is 1.05. The second-order valence-corrected chi connectivity index (χ2v) is 15.3. The van der Waals surface area contributed by atoms with Crippen LogP contribution in [0.1, 0.15) is 0 Å². The van der Waals surface area contributed by atoms with Gasteiger partial charge in [-0.1, -0.05) is 121 Å². The summed E-state index contributed by atoms with van der Waals surface area (Å²) >= 11 is 0. The molecule has 12 aromatic rings. The molecule has 0 amide bonds. The molecule has 0 saturated carbocycles. The van der Waals surface area contributed by atoms with Gasteiger partial charge in [0.15, 0.2) is 17.5 Å². The first-order valence-corrected chi connectivity index (χ1v) is 20.7. The minimum Gasteiger partial charge on any atom is -0.309 e. The van der Waals surface area contributed by atoms with E-state index in [0.29, 0.717) is 28.9 Å². The SMILES string of the molecule is c1ccc(-n2c3ccccc3c3c(-c4ccc(-n5c6ccccc6c6c(-c7cccc(-c8nc(-c9ccccn9)nc(-c9ccccn9)n8)c7)cccc65)cc4)cccc32)cc1. The van der Waals surface area contributed by atoms with E-state index in [9.17, 15) is 0 Å². The summed E-state index contributed by atoms with van der Waals surface area (Å²) in [5, 5.41) is 4.85. The first kappa shape index (κ1) is 35.4. The molecule has 7 aromatic carbocycles. The van der Waals surface area contributed by atoms with E-state index in [2.05, 4.69) is 177 Å². The lowest BCUT2D eigenvalue weighted by Gasteiger charge is -2.12. The Morgan fingerprint density at radius 3 is 1.35 bits per heavy atom. The van der Waals surface area contributed by atoms with Crippen LogP contribution < -0.4 is 0 Å². The average molecular weight is 794 g/mol. The summed E-state index contributed by atoms with van der Waals surface area (Å²) in [6.07, 6.45) is 3.50. The summed E-state index contributed by atoms with van der Waals surface area (Å²) in [5.74, 6) is 1.54. The van der Waals surface area contributed by atoms with E-state index in [1.165, 1.54) is 43.7 Å². The van der Waals surface area contributed by atoms with Crippen LogP contribution in [0.3, 0.4) is 0 Å². The molecule has 0 unspecified atom stereocenters. The quantitative estimate of drug-likeness (QED) is 0.161. The molecule has 0 aliphatic rings. The number of pyridine rings is 2. The third-order valence-corrected chi connectivity index (χ3v) is 11.7. The molecule has 62 heavy (non-hydrogen) atoms. The van der Waals surface area contributed by atoms with Gasteiger partial charge in [0.05, 0.1) is 22.1 Å². The standard InChI is InChI=1S/C55H35N7/c1-2-17-39(18-3-1)61-47-25-6-4-19-43(47)51-41(21-13-27-49(51)61)36-29-31-40(32-30-36)62-48-26-7-5-20-44(48)52-42(22-14-28-50(52)62)37-15-12-16-38(35-37)53-58-54(45-23-8-10-33-56-45)60-55(59-53)46-24-9-11-34-57-46/h1-35H. The maximum Gasteiger partial charge on any atom is 0.182 e. The second kappa shape index (κ2) is 14.6. The van der Waals surface area contributed by atoms with Gasteiger partial charge < -0.3 is 9.13 Å². The molecule has 5 heterocycles. The van der Waals surface area contributed by atoms with Gasteiger partial charge in [0.2, 0.25) is 0 Å². The summed E-state index contributed by atoms with van der Waals surface area (Å²) in [5.41, 5.74) is 13.7. The number of aromatic nitrogens is 7. The summed E-state index contributed by atoms with van der Waals surface area (Å²) in [7, 11) is 0. The van der Waals surface area contributed by atoms with Gasteiger partial charge in [-0.05, 0) is 101 Å². The molecule has 0 atom stereocenters. The minimum absolute atomic E-state index is 0.494. The Bertz CT molecular complexity index is 3560. The van der Waals surface area contributed by atoms with Crippen molar-refractivity contribution >= 4 is 43.6 Å². The molecule has 0 aliphatic carbocycles. The van der Waals surface area contributed by atoms with Crippen molar-refractivity contribution in [2.45, 2.75) is 0 Å². The number of para-hydroxylation sites is 3. The van der Waals surface area contributed by atoms with E-state index in [0.717, 1.165) is 39.1 Å². The van der Waals surface area contributed by atoms with E-state index in [-0.39, 0.29) is 0 Å². The summed E-state index contributed by atoms with van der Waals surface area (Å²) in [6, 6.07) is 70.2. The lowest BCUT2D eigenvalue weighted by Crippen LogP contribution is -2.01. The van der Waals surface area contributed by atoms with Crippen LogP contribution in [0, 0.1) is 0 Å². The van der Waals surface area contributed by atoms with Gasteiger partial charge >= 0.3 is 0 Å². The molecule has 0 saturated heterocycles. The number of rotatable bonds is 7. The lowest BCUT2D eigenvalue weighted by atomic mass is 9.97. The van der Waals surface area contributed by atoms with Crippen LogP contribution >= 0.6 is 0 Å². The van der Waals surface area contributed by atoms with Crippen LogP contribution in [0.25, 0.3) is 112 Å². The summed E-state index contributed by atoms with van der Waals surface area (Å²) < 4.78 is 4.75. The molecule has 0 aliphatic heterocycles. The maximum absolute atomic E-state index is 4.95. The van der Waals surface area contributed by atoms with Crippen molar-refractivity contribution in [3.63, 3.8) is 0 Å². The van der Waals surface area contributed by atoms with Crippen molar-refractivity contribution in [1.29, 1.82) is 0 Å². The zero-order valence-corrected chi connectivity index (χ0v) is 33.3. The van der Waals surface area contributed by atoms with Crippen LogP contribution in [0.5, 0.6) is 0 Å². The van der Waals surface area contributed by atoms with Crippen molar-refractivity contribution < 1.29 is 0 Å². The van der Waals surface area contributed by atoms with Crippen molar-refractivity contribution in [2.24, 2.45) is 0 Å².